The van der Waals surface area contributed by atoms with E-state index in [9.17, 15) is 26.7 Å². The molecule has 12 heteroatoms. The van der Waals surface area contributed by atoms with Gasteiger partial charge in [0.2, 0.25) is 0 Å². The third-order valence-corrected chi connectivity index (χ3v) is 10.1. The standard InChI is InChI=1S/C29H41F5N6O/c1-18-5-4-10-37(13-18)14-19-11-23(29(32,33)34)24-16-38(28(41)39(24)15-19)22-9-3-8-21(12-22)25(20-6-2-7-20)26-36-35-17-40(26)27(30)31/h11,15-16,18,20-22,25-27,35-36H,2-10,12-14,17H2,1H3/t18-,21?,22?,25+,26?/m0/s1. The summed E-state index contributed by atoms with van der Waals surface area (Å²) in [7, 11) is 0. The first kappa shape index (κ1) is 29.1. The lowest BCUT2D eigenvalue weighted by atomic mass is 9.65. The van der Waals surface area contributed by atoms with Crippen molar-refractivity contribution in [2.45, 2.75) is 96.2 Å². The van der Waals surface area contributed by atoms with Crippen molar-refractivity contribution in [3.8, 4) is 0 Å². The fourth-order valence-electron chi connectivity index (χ4n) is 7.99. The molecule has 228 valence electrons. The maximum absolute atomic E-state index is 14.3. The summed E-state index contributed by atoms with van der Waals surface area (Å²) in [6, 6.07) is 0.928. The van der Waals surface area contributed by atoms with Crippen molar-refractivity contribution in [2.24, 2.45) is 23.7 Å². The number of fused-ring (bicyclic) bond motifs is 1. The minimum atomic E-state index is -4.60. The van der Waals surface area contributed by atoms with Crippen molar-refractivity contribution in [1.82, 2.24) is 29.6 Å². The Morgan fingerprint density at radius 3 is 2.46 bits per heavy atom. The van der Waals surface area contributed by atoms with E-state index in [0.29, 0.717) is 36.8 Å². The Kier molecular flexibility index (Phi) is 8.21. The molecule has 41 heavy (non-hydrogen) atoms. The van der Waals surface area contributed by atoms with Crippen LogP contribution in [0.4, 0.5) is 22.0 Å². The summed E-state index contributed by atoms with van der Waals surface area (Å²) >= 11 is 0. The highest BCUT2D eigenvalue weighted by Crippen LogP contribution is 2.47. The zero-order valence-electron chi connectivity index (χ0n) is 23.6. The van der Waals surface area contributed by atoms with Crippen molar-refractivity contribution in [3.63, 3.8) is 0 Å². The first-order valence-corrected chi connectivity index (χ1v) is 15.2. The number of nitrogens with zero attached hydrogens (tertiary/aromatic N) is 4. The number of hydrogen-bond donors (Lipinski definition) is 2. The summed E-state index contributed by atoms with van der Waals surface area (Å²) in [4.78, 5) is 17.0. The topological polar surface area (TPSA) is 57.0 Å². The lowest BCUT2D eigenvalue weighted by Gasteiger charge is -2.46. The van der Waals surface area contributed by atoms with Crippen LogP contribution in [0.25, 0.3) is 5.52 Å². The number of rotatable bonds is 7. The fraction of sp³-hybridized carbons (Fsp3) is 0.759. The van der Waals surface area contributed by atoms with E-state index in [0.717, 1.165) is 62.9 Å². The highest BCUT2D eigenvalue weighted by Gasteiger charge is 2.46. The molecule has 2 aromatic heterocycles. The van der Waals surface area contributed by atoms with Crippen LogP contribution in [0.3, 0.4) is 0 Å². The number of likely N-dealkylation sites (tertiary alicyclic amines) is 1. The molecule has 0 radical (unpaired) electrons. The largest absolute Gasteiger partial charge is 0.418 e. The Labute approximate surface area is 237 Å². The molecular weight excluding hydrogens is 543 g/mol. The van der Waals surface area contributed by atoms with Crippen LogP contribution in [0, 0.1) is 23.7 Å². The number of imidazole rings is 1. The highest BCUT2D eigenvalue weighted by molar-refractivity contribution is 5.56. The molecule has 0 bridgehead atoms. The predicted octanol–water partition coefficient (Wildman–Crippen LogP) is 5.42. The molecule has 4 heterocycles. The first-order valence-electron chi connectivity index (χ1n) is 15.2. The van der Waals surface area contributed by atoms with Gasteiger partial charge in [0.1, 0.15) is 0 Å². The number of hydrazine groups is 1. The zero-order valence-corrected chi connectivity index (χ0v) is 23.6. The van der Waals surface area contributed by atoms with E-state index in [4.69, 9.17) is 0 Å². The molecule has 2 saturated carbocycles. The van der Waals surface area contributed by atoms with Crippen molar-refractivity contribution in [2.75, 3.05) is 19.8 Å². The molecule has 2 aliphatic carbocycles. The van der Waals surface area contributed by atoms with Crippen LogP contribution < -0.4 is 16.5 Å². The summed E-state index contributed by atoms with van der Waals surface area (Å²) in [5.41, 5.74) is 5.08. The second-order valence-electron chi connectivity index (χ2n) is 12.9. The number of alkyl halides is 5. The van der Waals surface area contributed by atoms with Crippen LogP contribution >= 0.6 is 0 Å². The third kappa shape index (κ3) is 5.81. The number of pyridine rings is 1. The smallest absolute Gasteiger partial charge is 0.299 e. The molecule has 2 N–H and O–H groups in total. The van der Waals surface area contributed by atoms with Crippen LogP contribution in [0.5, 0.6) is 0 Å². The summed E-state index contributed by atoms with van der Waals surface area (Å²) in [5.74, 6) is 0.877. The molecule has 2 saturated heterocycles. The van der Waals surface area contributed by atoms with Crippen molar-refractivity contribution in [1.29, 1.82) is 0 Å². The van der Waals surface area contributed by atoms with E-state index in [1.54, 1.807) is 6.20 Å². The molecule has 0 aromatic carbocycles. The molecule has 0 amide bonds. The maximum atomic E-state index is 14.3. The Bertz CT molecular complexity index is 1270. The number of halogens is 5. The fourth-order valence-corrected chi connectivity index (χ4v) is 7.99. The van der Waals surface area contributed by atoms with Gasteiger partial charge in [0.25, 0.3) is 6.55 Å². The summed E-state index contributed by atoms with van der Waals surface area (Å²) in [5, 5.41) is 0. The minimum absolute atomic E-state index is 0.0208. The summed E-state index contributed by atoms with van der Waals surface area (Å²) < 4.78 is 73.2. The van der Waals surface area contributed by atoms with E-state index in [-0.39, 0.29) is 30.1 Å². The lowest BCUT2D eigenvalue weighted by molar-refractivity contribution is -0.136. The van der Waals surface area contributed by atoms with Crippen molar-refractivity contribution >= 4 is 5.52 Å². The Balaban J connectivity index is 1.30. The molecule has 2 aliphatic heterocycles. The highest BCUT2D eigenvalue weighted by atomic mass is 19.4. The lowest BCUT2D eigenvalue weighted by Crippen LogP contribution is -2.52. The van der Waals surface area contributed by atoms with Crippen LogP contribution in [0.15, 0.2) is 23.3 Å². The number of piperidine rings is 1. The van der Waals surface area contributed by atoms with Crippen LogP contribution in [0.1, 0.15) is 81.9 Å². The van der Waals surface area contributed by atoms with Gasteiger partial charge in [-0.05, 0) is 74.0 Å². The Morgan fingerprint density at radius 1 is 1.02 bits per heavy atom. The molecule has 0 spiro atoms. The van der Waals surface area contributed by atoms with Gasteiger partial charge in [-0.25, -0.2) is 20.5 Å². The SMILES string of the molecule is C[C@H]1CCCN(Cc2cc(C(F)(F)F)c3cn(C4CCCC([C@@H](C5CCC5)C5NNCN5C(F)F)C4)c(=O)n3c2)C1. The molecule has 5 atom stereocenters. The van der Waals surface area contributed by atoms with E-state index in [1.807, 2.05) is 0 Å². The molecule has 2 aromatic rings. The van der Waals surface area contributed by atoms with Gasteiger partial charge in [-0.15, -0.1) is 0 Å². The second kappa shape index (κ2) is 11.6. The molecule has 7 nitrogen and oxygen atoms in total. The monoisotopic (exact) mass is 584 g/mol. The van der Waals surface area contributed by atoms with Crippen LogP contribution in [0.2, 0.25) is 0 Å². The summed E-state index contributed by atoms with van der Waals surface area (Å²) in [6.07, 6.45) is 5.97. The van der Waals surface area contributed by atoms with Gasteiger partial charge >= 0.3 is 11.9 Å². The third-order valence-electron chi connectivity index (χ3n) is 10.1. The maximum Gasteiger partial charge on any atom is 0.418 e. The average molecular weight is 585 g/mol. The Hall–Kier alpha value is -2.02. The van der Waals surface area contributed by atoms with Crippen LogP contribution in [-0.2, 0) is 12.7 Å². The van der Waals surface area contributed by atoms with Gasteiger partial charge in [-0.1, -0.05) is 32.6 Å². The predicted molar refractivity (Wildman–Crippen MR) is 145 cm³/mol. The molecule has 3 unspecified atom stereocenters. The molecular formula is C29H41F5N6O. The minimum Gasteiger partial charge on any atom is -0.299 e. The zero-order chi connectivity index (χ0) is 28.9. The van der Waals surface area contributed by atoms with Gasteiger partial charge in [-0.3, -0.25) is 13.9 Å². The van der Waals surface area contributed by atoms with E-state index >= 15 is 0 Å². The van der Waals surface area contributed by atoms with Crippen molar-refractivity contribution in [3.05, 3.63) is 40.1 Å². The molecule has 4 fully saturated rings. The van der Waals surface area contributed by atoms with Gasteiger partial charge < -0.3 is 0 Å². The quantitative estimate of drug-likeness (QED) is 0.337. The van der Waals surface area contributed by atoms with Crippen LogP contribution in [-0.4, -0.2) is 51.2 Å². The van der Waals surface area contributed by atoms with Gasteiger partial charge in [-0.2, -0.15) is 22.0 Å². The Morgan fingerprint density at radius 2 is 1.78 bits per heavy atom. The molecule has 4 aliphatic rings. The van der Waals surface area contributed by atoms with Gasteiger partial charge in [0.05, 0.1) is 23.9 Å². The second-order valence-corrected chi connectivity index (χ2v) is 12.9. The van der Waals surface area contributed by atoms with Gasteiger partial charge in [0.15, 0.2) is 0 Å². The van der Waals surface area contributed by atoms with E-state index in [1.165, 1.54) is 21.2 Å². The number of aromatic nitrogens is 2. The van der Waals surface area contributed by atoms with E-state index in [2.05, 4.69) is 22.7 Å². The van der Waals surface area contributed by atoms with Gasteiger partial charge in [0, 0.05) is 31.5 Å². The first-order chi connectivity index (χ1) is 19.6. The van der Waals surface area contributed by atoms with E-state index < -0.39 is 30.1 Å². The summed E-state index contributed by atoms with van der Waals surface area (Å²) in [6.45, 7) is 1.66. The molecule has 6 rings (SSSR count). The number of nitrogens with one attached hydrogen (secondary N) is 2. The average Bonchev–Trinajstić information content (AvgIpc) is 3.50. The normalized spacial score (nSPS) is 29.8. The number of hydrogen-bond acceptors (Lipinski definition) is 5. The van der Waals surface area contributed by atoms with Crippen molar-refractivity contribution < 1.29 is 22.0 Å².